The normalized spacial score (nSPS) is 27.3. The molecule has 0 amide bonds. The third-order valence-corrected chi connectivity index (χ3v) is 4.39. The number of aliphatic hydroxyl groups is 1. The molecule has 0 saturated heterocycles. The van der Waals surface area contributed by atoms with E-state index in [9.17, 15) is 15.0 Å². The number of aliphatic hydroxyl groups excluding tert-OH is 1. The molecule has 2 rings (SSSR count). The molecule has 0 spiro atoms. The van der Waals surface area contributed by atoms with E-state index in [0.717, 1.165) is 18.4 Å². The van der Waals surface area contributed by atoms with E-state index in [0.29, 0.717) is 19.3 Å². The van der Waals surface area contributed by atoms with Gasteiger partial charge in [0.15, 0.2) is 0 Å². The zero-order chi connectivity index (χ0) is 16.8. The molecule has 4 heteroatoms. The van der Waals surface area contributed by atoms with Crippen LogP contribution in [0.25, 0.3) is 0 Å². The van der Waals surface area contributed by atoms with Crippen LogP contribution in [0.3, 0.4) is 0 Å². The number of cyclic esters (lactones) is 1. The van der Waals surface area contributed by atoms with Crippen molar-refractivity contribution in [3.05, 3.63) is 41.5 Å². The van der Waals surface area contributed by atoms with E-state index >= 15 is 0 Å². The molecule has 0 fully saturated rings. The number of ether oxygens (including phenoxy) is 1. The maximum absolute atomic E-state index is 12.5. The summed E-state index contributed by atoms with van der Waals surface area (Å²) in [5.41, 5.74) is 0.997. The van der Waals surface area contributed by atoms with Gasteiger partial charge in [0.2, 0.25) is 0 Å². The first-order chi connectivity index (χ1) is 11.0. The molecule has 3 atom stereocenters. The van der Waals surface area contributed by atoms with Crippen LogP contribution in [0.5, 0.6) is 5.75 Å². The number of hydrogen-bond acceptors (Lipinski definition) is 4. The Morgan fingerprint density at radius 2 is 2.09 bits per heavy atom. The number of phenols is 1. The Bertz CT molecular complexity index is 564. The lowest BCUT2D eigenvalue weighted by Gasteiger charge is -2.25. The topological polar surface area (TPSA) is 66.8 Å². The highest BCUT2D eigenvalue weighted by molar-refractivity contribution is 5.94. The number of carbonyl (C=O) groups excluding carboxylic acids is 1. The Morgan fingerprint density at radius 3 is 2.83 bits per heavy atom. The molecule has 1 aromatic carbocycles. The minimum atomic E-state index is -0.509. The van der Waals surface area contributed by atoms with E-state index in [4.69, 9.17) is 4.74 Å². The van der Waals surface area contributed by atoms with Gasteiger partial charge in [0.05, 0.1) is 6.10 Å². The standard InChI is InChI=1S/C19H26O4/c1-3-7-15-12-17(21)13(2)8-4-5-9-14-10-6-11-16(20)18(14)19(22)23-15/h4-6,10-11,13,15,17,20-21H,3,7-9,12H2,1-2H3/b5-4+. The van der Waals surface area contributed by atoms with Crippen LogP contribution in [-0.2, 0) is 11.2 Å². The van der Waals surface area contributed by atoms with Gasteiger partial charge < -0.3 is 14.9 Å². The number of fused-ring (bicyclic) bond motifs is 1. The zero-order valence-corrected chi connectivity index (χ0v) is 13.9. The smallest absolute Gasteiger partial charge is 0.342 e. The van der Waals surface area contributed by atoms with E-state index < -0.39 is 12.1 Å². The number of benzene rings is 1. The predicted octanol–water partition coefficient (Wildman–Crippen LogP) is 3.61. The summed E-state index contributed by atoms with van der Waals surface area (Å²) in [6, 6.07) is 5.07. The van der Waals surface area contributed by atoms with Crippen molar-refractivity contribution in [3.63, 3.8) is 0 Å². The maximum atomic E-state index is 12.5. The molecular weight excluding hydrogens is 292 g/mol. The summed E-state index contributed by atoms with van der Waals surface area (Å²) in [4.78, 5) is 12.5. The van der Waals surface area contributed by atoms with E-state index in [1.165, 1.54) is 6.07 Å². The van der Waals surface area contributed by atoms with E-state index in [-0.39, 0.29) is 23.3 Å². The summed E-state index contributed by atoms with van der Waals surface area (Å²) in [6.45, 7) is 4.03. The molecule has 1 heterocycles. The number of rotatable bonds is 2. The second-order valence-electron chi connectivity index (χ2n) is 6.32. The molecule has 0 aliphatic carbocycles. The molecule has 0 bridgehead atoms. The summed E-state index contributed by atoms with van der Waals surface area (Å²) in [6.07, 6.45) is 6.50. The van der Waals surface area contributed by atoms with Gasteiger partial charge in [-0.05, 0) is 36.8 Å². The van der Waals surface area contributed by atoms with Crippen LogP contribution in [-0.4, -0.2) is 28.4 Å². The highest BCUT2D eigenvalue weighted by Crippen LogP contribution is 2.26. The monoisotopic (exact) mass is 318 g/mol. The van der Waals surface area contributed by atoms with Crippen LogP contribution in [0.2, 0.25) is 0 Å². The van der Waals surface area contributed by atoms with Gasteiger partial charge in [0.25, 0.3) is 0 Å². The van der Waals surface area contributed by atoms with Gasteiger partial charge in [0, 0.05) is 6.42 Å². The fourth-order valence-corrected chi connectivity index (χ4v) is 2.93. The molecule has 1 aromatic rings. The minimum Gasteiger partial charge on any atom is -0.507 e. The molecule has 23 heavy (non-hydrogen) atoms. The lowest BCUT2D eigenvalue weighted by Crippen LogP contribution is -2.28. The highest BCUT2D eigenvalue weighted by Gasteiger charge is 2.25. The summed E-state index contributed by atoms with van der Waals surface area (Å²) in [7, 11) is 0. The van der Waals surface area contributed by atoms with Crippen molar-refractivity contribution in [2.24, 2.45) is 5.92 Å². The SMILES string of the molecule is CCCC1CC(O)C(C)C/C=C/Cc2cccc(O)c2C(=O)O1. The van der Waals surface area contributed by atoms with Crippen molar-refractivity contribution in [2.75, 3.05) is 0 Å². The van der Waals surface area contributed by atoms with Crippen LogP contribution in [0, 0.1) is 5.92 Å². The fraction of sp³-hybridized carbons (Fsp3) is 0.526. The van der Waals surface area contributed by atoms with Gasteiger partial charge in [-0.3, -0.25) is 0 Å². The maximum Gasteiger partial charge on any atom is 0.342 e. The number of carbonyl (C=O) groups is 1. The van der Waals surface area contributed by atoms with Crippen LogP contribution in [0.4, 0.5) is 0 Å². The van der Waals surface area contributed by atoms with Gasteiger partial charge in [-0.1, -0.05) is 44.6 Å². The van der Waals surface area contributed by atoms with Crippen molar-refractivity contribution < 1.29 is 19.7 Å². The second-order valence-corrected chi connectivity index (χ2v) is 6.32. The number of aromatic hydroxyl groups is 1. The number of allylic oxidation sites excluding steroid dienone is 2. The van der Waals surface area contributed by atoms with Gasteiger partial charge >= 0.3 is 5.97 Å². The third-order valence-electron chi connectivity index (χ3n) is 4.39. The largest absolute Gasteiger partial charge is 0.507 e. The fourth-order valence-electron chi connectivity index (χ4n) is 2.93. The minimum absolute atomic E-state index is 0.0536. The Labute approximate surface area is 137 Å². The molecule has 4 nitrogen and oxygen atoms in total. The lowest BCUT2D eigenvalue weighted by molar-refractivity contribution is 0.00322. The second kappa shape index (κ2) is 8.16. The predicted molar refractivity (Wildman–Crippen MR) is 89.5 cm³/mol. The van der Waals surface area contributed by atoms with Crippen LogP contribution in [0.15, 0.2) is 30.4 Å². The van der Waals surface area contributed by atoms with Crippen molar-refractivity contribution in [1.82, 2.24) is 0 Å². The molecular formula is C19H26O4. The first kappa shape index (κ1) is 17.5. The summed E-state index contributed by atoms with van der Waals surface area (Å²) >= 11 is 0. The number of phenolic OH excluding ortho intramolecular Hbond substituents is 1. The Morgan fingerprint density at radius 1 is 1.30 bits per heavy atom. The zero-order valence-electron chi connectivity index (χ0n) is 13.9. The van der Waals surface area contributed by atoms with Crippen molar-refractivity contribution in [2.45, 2.75) is 58.2 Å². The van der Waals surface area contributed by atoms with E-state index in [1.807, 2.05) is 32.1 Å². The van der Waals surface area contributed by atoms with E-state index in [1.54, 1.807) is 6.07 Å². The Kier molecular flexibility index (Phi) is 6.22. The molecule has 1 aliphatic rings. The van der Waals surface area contributed by atoms with Crippen LogP contribution >= 0.6 is 0 Å². The van der Waals surface area contributed by atoms with Crippen molar-refractivity contribution in [1.29, 1.82) is 0 Å². The molecule has 0 radical (unpaired) electrons. The van der Waals surface area contributed by atoms with Crippen molar-refractivity contribution in [3.8, 4) is 5.75 Å². The Balaban J connectivity index is 2.34. The third kappa shape index (κ3) is 4.58. The molecule has 2 N–H and O–H groups in total. The van der Waals surface area contributed by atoms with Crippen LogP contribution in [0.1, 0.15) is 55.5 Å². The average molecular weight is 318 g/mol. The van der Waals surface area contributed by atoms with Gasteiger partial charge in [-0.25, -0.2) is 4.79 Å². The summed E-state index contributed by atoms with van der Waals surface area (Å²) in [5, 5.41) is 20.4. The van der Waals surface area contributed by atoms with Crippen molar-refractivity contribution >= 4 is 5.97 Å². The summed E-state index contributed by atoms with van der Waals surface area (Å²) in [5.74, 6) is -0.445. The first-order valence-electron chi connectivity index (χ1n) is 8.37. The molecule has 126 valence electrons. The number of esters is 1. The number of hydrogen-bond donors (Lipinski definition) is 2. The Hall–Kier alpha value is -1.81. The molecule has 3 unspecified atom stereocenters. The first-order valence-corrected chi connectivity index (χ1v) is 8.37. The average Bonchev–Trinajstić information content (AvgIpc) is 2.50. The lowest BCUT2D eigenvalue weighted by atomic mass is 9.93. The quantitative estimate of drug-likeness (QED) is 0.646. The van der Waals surface area contributed by atoms with Gasteiger partial charge in [0.1, 0.15) is 17.4 Å². The van der Waals surface area contributed by atoms with Gasteiger partial charge in [-0.15, -0.1) is 0 Å². The van der Waals surface area contributed by atoms with Crippen LogP contribution < -0.4 is 0 Å². The van der Waals surface area contributed by atoms with Gasteiger partial charge in [-0.2, -0.15) is 0 Å². The molecule has 1 aliphatic heterocycles. The molecule has 0 aromatic heterocycles. The van der Waals surface area contributed by atoms with E-state index in [2.05, 4.69) is 0 Å². The summed E-state index contributed by atoms with van der Waals surface area (Å²) < 4.78 is 5.61. The highest BCUT2D eigenvalue weighted by atomic mass is 16.5. The molecule has 0 saturated carbocycles.